The number of unbranched alkanes of at least 4 members (excludes halogenated alkanes) is 22. The highest BCUT2D eigenvalue weighted by Crippen LogP contribution is 2.16. The summed E-state index contributed by atoms with van der Waals surface area (Å²) in [5.41, 5.74) is 0.360. The summed E-state index contributed by atoms with van der Waals surface area (Å²) in [4.78, 5) is 10.7. The lowest BCUT2D eigenvalue weighted by Crippen LogP contribution is -1.98. The van der Waals surface area contributed by atoms with Gasteiger partial charge in [0.2, 0.25) is 0 Å². The van der Waals surface area contributed by atoms with Gasteiger partial charge < -0.3 is 5.11 Å². The second-order valence-electron chi connectivity index (χ2n) is 9.44. The Morgan fingerprint density at radius 1 is 0.500 bits per heavy atom. The maximum absolute atomic E-state index is 10.7. The van der Waals surface area contributed by atoms with Gasteiger partial charge in [-0.3, -0.25) is 0 Å². The van der Waals surface area contributed by atoms with E-state index in [0.717, 1.165) is 12.8 Å². The van der Waals surface area contributed by atoms with Crippen molar-refractivity contribution in [1.82, 2.24) is 0 Å². The molecule has 0 fully saturated rings. The van der Waals surface area contributed by atoms with Crippen LogP contribution in [0.4, 0.5) is 0 Å². The average Bonchev–Trinajstić information content (AvgIpc) is 2.74. The Bertz CT molecular complexity index is 375. The molecule has 30 heavy (non-hydrogen) atoms. The van der Waals surface area contributed by atoms with E-state index in [1.54, 1.807) is 0 Å². The molecule has 178 valence electrons. The molecule has 0 radical (unpaired) electrons. The van der Waals surface area contributed by atoms with Crippen LogP contribution in [0.5, 0.6) is 0 Å². The first-order chi connectivity index (χ1) is 14.7. The van der Waals surface area contributed by atoms with Gasteiger partial charge in [-0.15, -0.1) is 0 Å². The third-order valence-electron chi connectivity index (χ3n) is 6.38. The lowest BCUT2D eigenvalue weighted by Gasteiger charge is -2.04. The zero-order valence-corrected chi connectivity index (χ0v) is 20.5. The molecule has 0 spiro atoms. The van der Waals surface area contributed by atoms with Crippen molar-refractivity contribution in [3.63, 3.8) is 0 Å². The number of carbonyl (C=O) groups is 1. The van der Waals surface area contributed by atoms with Gasteiger partial charge in [0.25, 0.3) is 0 Å². The van der Waals surface area contributed by atoms with Crippen LogP contribution in [0.15, 0.2) is 12.2 Å². The van der Waals surface area contributed by atoms with Gasteiger partial charge in [-0.05, 0) is 12.8 Å². The molecule has 2 nitrogen and oxygen atoms in total. The second kappa shape index (κ2) is 24.5. The highest BCUT2D eigenvalue weighted by atomic mass is 16.4. The third kappa shape index (κ3) is 23.5. The predicted octanol–water partition coefficient (Wildman–Crippen LogP) is 10.0. The van der Waals surface area contributed by atoms with Crippen molar-refractivity contribution in [2.75, 3.05) is 0 Å². The monoisotopic (exact) mass is 422 g/mol. The molecule has 0 aliphatic carbocycles. The Hall–Kier alpha value is -0.790. The fourth-order valence-electron chi connectivity index (χ4n) is 4.23. The molecule has 0 aliphatic heterocycles. The molecule has 0 aromatic heterocycles. The topological polar surface area (TPSA) is 37.3 Å². The lowest BCUT2D eigenvalue weighted by molar-refractivity contribution is -0.132. The van der Waals surface area contributed by atoms with Crippen LogP contribution in [0.25, 0.3) is 0 Å². The van der Waals surface area contributed by atoms with Crippen LogP contribution >= 0.6 is 0 Å². The van der Waals surface area contributed by atoms with Crippen LogP contribution in [0, 0.1) is 0 Å². The van der Waals surface area contributed by atoms with E-state index < -0.39 is 5.97 Å². The van der Waals surface area contributed by atoms with E-state index in [0.29, 0.717) is 12.0 Å². The van der Waals surface area contributed by atoms with Crippen LogP contribution in [0.2, 0.25) is 0 Å². The van der Waals surface area contributed by atoms with Crippen LogP contribution in [0.3, 0.4) is 0 Å². The minimum Gasteiger partial charge on any atom is -0.478 e. The molecule has 0 unspecified atom stereocenters. The largest absolute Gasteiger partial charge is 0.478 e. The van der Waals surface area contributed by atoms with Crippen LogP contribution in [0.1, 0.15) is 161 Å². The Kier molecular flexibility index (Phi) is 23.8. The molecule has 0 aromatic rings. The number of carboxylic acids is 1. The van der Waals surface area contributed by atoms with E-state index in [2.05, 4.69) is 13.5 Å². The highest BCUT2D eigenvalue weighted by molar-refractivity contribution is 5.85. The van der Waals surface area contributed by atoms with Gasteiger partial charge >= 0.3 is 5.97 Å². The lowest BCUT2D eigenvalue weighted by atomic mass is 10.0. The number of hydrogen-bond acceptors (Lipinski definition) is 1. The first-order valence-electron chi connectivity index (χ1n) is 13.6. The fraction of sp³-hybridized carbons (Fsp3) is 0.893. The highest BCUT2D eigenvalue weighted by Gasteiger charge is 2.02. The van der Waals surface area contributed by atoms with Crippen molar-refractivity contribution >= 4 is 5.97 Å². The zero-order chi connectivity index (χ0) is 22.1. The van der Waals surface area contributed by atoms with Gasteiger partial charge in [-0.2, -0.15) is 0 Å². The van der Waals surface area contributed by atoms with E-state index in [9.17, 15) is 4.79 Å². The van der Waals surface area contributed by atoms with Crippen LogP contribution in [-0.4, -0.2) is 11.1 Å². The van der Waals surface area contributed by atoms with Crippen molar-refractivity contribution < 1.29 is 9.90 Å². The van der Waals surface area contributed by atoms with Gasteiger partial charge in [-0.25, -0.2) is 4.79 Å². The summed E-state index contributed by atoms with van der Waals surface area (Å²) in [5, 5.41) is 8.76. The van der Waals surface area contributed by atoms with Gasteiger partial charge in [-0.1, -0.05) is 155 Å². The Morgan fingerprint density at radius 3 is 0.967 bits per heavy atom. The van der Waals surface area contributed by atoms with Gasteiger partial charge in [0.1, 0.15) is 0 Å². The fourth-order valence-corrected chi connectivity index (χ4v) is 4.23. The normalized spacial score (nSPS) is 11.1. The van der Waals surface area contributed by atoms with Crippen LogP contribution < -0.4 is 0 Å². The van der Waals surface area contributed by atoms with Crippen molar-refractivity contribution in [2.24, 2.45) is 0 Å². The molecular formula is C28H54O2. The number of rotatable bonds is 25. The first-order valence-corrected chi connectivity index (χ1v) is 13.6. The summed E-state index contributed by atoms with van der Waals surface area (Å²) in [6, 6.07) is 0. The SMILES string of the molecule is C=C(CCCCCCCCCCCCCCCCCCCCCCCCC)C(=O)O. The molecule has 0 aliphatic rings. The molecule has 0 aromatic carbocycles. The van der Waals surface area contributed by atoms with E-state index in [-0.39, 0.29) is 0 Å². The Morgan fingerprint density at radius 2 is 0.733 bits per heavy atom. The van der Waals surface area contributed by atoms with E-state index in [1.807, 2.05) is 0 Å². The Labute approximate surface area is 189 Å². The zero-order valence-electron chi connectivity index (χ0n) is 20.5. The minimum atomic E-state index is -0.839. The minimum absolute atomic E-state index is 0.360. The van der Waals surface area contributed by atoms with E-state index in [4.69, 9.17) is 5.11 Å². The molecule has 0 atom stereocenters. The molecule has 0 heterocycles. The molecule has 0 rings (SSSR count). The molecule has 2 heteroatoms. The summed E-state index contributed by atoms with van der Waals surface area (Å²) in [5.74, 6) is -0.839. The molecule has 0 saturated carbocycles. The summed E-state index contributed by atoms with van der Waals surface area (Å²) in [7, 11) is 0. The third-order valence-corrected chi connectivity index (χ3v) is 6.38. The van der Waals surface area contributed by atoms with Crippen molar-refractivity contribution in [3.05, 3.63) is 12.2 Å². The first kappa shape index (κ1) is 29.2. The van der Waals surface area contributed by atoms with Crippen LogP contribution in [-0.2, 0) is 4.79 Å². The Balaban J connectivity index is 3.05. The quantitative estimate of drug-likeness (QED) is 0.117. The predicted molar refractivity (Wildman–Crippen MR) is 133 cm³/mol. The smallest absolute Gasteiger partial charge is 0.330 e. The second-order valence-corrected chi connectivity index (χ2v) is 9.44. The molecule has 1 N–H and O–H groups in total. The van der Waals surface area contributed by atoms with E-state index in [1.165, 1.54) is 135 Å². The summed E-state index contributed by atoms with van der Waals surface area (Å²) in [6.45, 7) is 5.87. The number of hydrogen-bond donors (Lipinski definition) is 1. The van der Waals surface area contributed by atoms with Gasteiger partial charge in [0.05, 0.1) is 0 Å². The molecular weight excluding hydrogens is 368 g/mol. The van der Waals surface area contributed by atoms with Gasteiger partial charge in [0, 0.05) is 5.57 Å². The number of aliphatic carboxylic acids is 1. The van der Waals surface area contributed by atoms with Gasteiger partial charge in [0.15, 0.2) is 0 Å². The van der Waals surface area contributed by atoms with E-state index >= 15 is 0 Å². The molecule has 0 amide bonds. The molecule has 0 saturated heterocycles. The molecule has 0 bridgehead atoms. The summed E-state index contributed by atoms with van der Waals surface area (Å²) >= 11 is 0. The van der Waals surface area contributed by atoms with Crippen molar-refractivity contribution in [3.8, 4) is 0 Å². The maximum Gasteiger partial charge on any atom is 0.330 e. The van der Waals surface area contributed by atoms with Crippen molar-refractivity contribution in [2.45, 2.75) is 161 Å². The maximum atomic E-state index is 10.7. The number of carboxylic acid groups (broad SMARTS) is 1. The average molecular weight is 423 g/mol. The standard InChI is InChI=1S/C28H54O2/c1-3-4-5-6-7-8-9-10-11-12-13-14-15-16-17-18-19-20-21-22-23-24-25-26-27(2)28(29)30/h2-26H2,1H3,(H,29,30). The summed E-state index contributed by atoms with van der Waals surface area (Å²) < 4.78 is 0. The summed E-state index contributed by atoms with van der Waals surface area (Å²) in [6.07, 6.45) is 32.5. The van der Waals surface area contributed by atoms with Crippen molar-refractivity contribution in [1.29, 1.82) is 0 Å².